The van der Waals surface area contributed by atoms with Crippen LogP contribution >= 0.6 is 0 Å². The van der Waals surface area contributed by atoms with Crippen LogP contribution in [0.2, 0.25) is 0 Å². The molecule has 18 heavy (non-hydrogen) atoms. The summed E-state index contributed by atoms with van der Waals surface area (Å²) in [4.78, 5) is 17.2. The Labute approximate surface area is 108 Å². The SMILES string of the molecule is CC(C)CNc1ccc([C@@H]2CCCN2C=O)cn1. The Hall–Kier alpha value is -1.58. The van der Waals surface area contributed by atoms with Crippen molar-refractivity contribution in [1.82, 2.24) is 9.88 Å². The Morgan fingerprint density at radius 3 is 3.00 bits per heavy atom. The van der Waals surface area contributed by atoms with Gasteiger partial charge in [-0.15, -0.1) is 0 Å². The first-order valence-corrected chi connectivity index (χ1v) is 6.61. The molecular weight excluding hydrogens is 226 g/mol. The summed E-state index contributed by atoms with van der Waals surface area (Å²) in [6.07, 6.45) is 4.95. The number of hydrogen-bond donors (Lipinski definition) is 1. The van der Waals surface area contributed by atoms with Gasteiger partial charge in [-0.3, -0.25) is 4.79 Å². The highest BCUT2D eigenvalue weighted by Crippen LogP contribution is 2.30. The summed E-state index contributed by atoms with van der Waals surface area (Å²) in [5.74, 6) is 1.51. The predicted octanol–water partition coefficient (Wildman–Crippen LogP) is 2.44. The van der Waals surface area contributed by atoms with Crippen molar-refractivity contribution < 1.29 is 4.79 Å². The van der Waals surface area contributed by atoms with Gasteiger partial charge in [0, 0.05) is 19.3 Å². The van der Waals surface area contributed by atoms with Crippen molar-refractivity contribution in [3.8, 4) is 0 Å². The van der Waals surface area contributed by atoms with E-state index in [1.807, 2.05) is 17.2 Å². The Kier molecular flexibility index (Phi) is 4.18. The number of carbonyl (C=O) groups is 1. The molecule has 1 aliphatic rings. The van der Waals surface area contributed by atoms with Crippen molar-refractivity contribution in [1.29, 1.82) is 0 Å². The number of aromatic nitrogens is 1. The lowest BCUT2D eigenvalue weighted by molar-refractivity contribution is -0.118. The second-order valence-corrected chi connectivity index (χ2v) is 5.25. The number of hydrogen-bond acceptors (Lipinski definition) is 3. The lowest BCUT2D eigenvalue weighted by atomic mass is 10.1. The van der Waals surface area contributed by atoms with Crippen molar-refractivity contribution in [3.05, 3.63) is 23.9 Å². The van der Waals surface area contributed by atoms with E-state index in [9.17, 15) is 4.79 Å². The molecule has 0 unspecified atom stereocenters. The van der Waals surface area contributed by atoms with Gasteiger partial charge in [0.1, 0.15) is 5.82 Å². The first-order valence-electron chi connectivity index (χ1n) is 6.61. The molecule has 1 aromatic heterocycles. The molecule has 2 rings (SSSR count). The Morgan fingerprint density at radius 2 is 2.39 bits per heavy atom. The molecule has 1 fully saturated rings. The zero-order valence-corrected chi connectivity index (χ0v) is 11.1. The van der Waals surface area contributed by atoms with Gasteiger partial charge in [0.25, 0.3) is 0 Å². The van der Waals surface area contributed by atoms with Crippen LogP contribution in [-0.2, 0) is 4.79 Å². The molecule has 4 heteroatoms. The largest absolute Gasteiger partial charge is 0.370 e. The van der Waals surface area contributed by atoms with E-state index < -0.39 is 0 Å². The number of anilines is 1. The summed E-state index contributed by atoms with van der Waals surface area (Å²) >= 11 is 0. The van der Waals surface area contributed by atoms with Gasteiger partial charge < -0.3 is 10.2 Å². The fraction of sp³-hybridized carbons (Fsp3) is 0.571. The smallest absolute Gasteiger partial charge is 0.210 e. The maximum Gasteiger partial charge on any atom is 0.210 e. The maximum atomic E-state index is 10.9. The van der Waals surface area contributed by atoms with Gasteiger partial charge in [0.05, 0.1) is 6.04 Å². The first kappa shape index (κ1) is 12.9. The third-order valence-corrected chi connectivity index (χ3v) is 3.29. The molecule has 0 radical (unpaired) electrons. The predicted molar refractivity (Wildman–Crippen MR) is 72.3 cm³/mol. The van der Waals surface area contributed by atoms with Crippen LogP contribution in [-0.4, -0.2) is 29.4 Å². The number of nitrogens with one attached hydrogen (secondary N) is 1. The molecule has 1 aliphatic heterocycles. The zero-order chi connectivity index (χ0) is 13.0. The number of rotatable bonds is 5. The van der Waals surface area contributed by atoms with E-state index in [0.29, 0.717) is 5.92 Å². The van der Waals surface area contributed by atoms with E-state index in [1.165, 1.54) is 0 Å². The molecular formula is C14H21N3O. The molecule has 1 amide bonds. The minimum atomic E-state index is 0.217. The summed E-state index contributed by atoms with van der Waals surface area (Å²) in [5.41, 5.74) is 1.13. The molecule has 0 aliphatic carbocycles. The molecule has 0 saturated carbocycles. The normalized spacial score (nSPS) is 19.3. The van der Waals surface area contributed by atoms with Gasteiger partial charge in [-0.05, 0) is 30.4 Å². The number of pyridine rings is 1. The molecule has 4 nitrogen and oxygen atoms in total. The Balaban J connectivity index is 2.00. The van der Waals surface area contributed by atoms with Gasteiger partial charge in [-0.2, -0.15) is 0 Å². The molecule has 98 valence electrons. The van der Waals surface area contributed by atoms with Crippen molar-refractivity contribution in [2.75, 3.05) is 18.4 Å². The fourth-order valence-corrected chi connectivity index (χ4v) is 2.29. The lowest BCUT2D eigenvalue weighted by Gasteiger charge is -2.20. The molecule has 1 N–H and O–H groups in total. The van der Waals surface area contributed by atoms with Crippen LogP contribution in [0.25, 0.3) is 0 Å². The van der Waals surface area contributed by atoms with Crippen LogP contribution < -0.4 is 5.32 Å². The van der Waals surface area contributed by atoms with Gasteiger partial charge in [-0.1, -0.05) is 19.9 Å². The average Bonchev–Trinajstić information content (AvgIpc) is 2.85. The minimum Gasteiger partial charge on any atom is -0.370 e. The van der Waals surface area contributed by atoms with Gasteiger partial charge in [0.15, 0.2) is 0 Å². The minimum absolute atomic E-state index is 0.217. The number of nitrogens with zero attached hydrogens (tertiary/aromatic N) is 2. The third-order valence-electron chi connectivity index (χ3n) is 3.29. The average molecular weight is 247 g/mol. The van der Waals surface area contributed by atoms with E-state index in [1.54, 1.807) is 0 Å². The Bertz CT molecular complexity index is 389. The summed E-state index contributed by atoms with van der Waals surface area (Å²) in [5, 5.41) is 3.29. The first-order chi connectivity index (χ1) is 8.70. The van der Waals surface area contributed by atoms with Crippen molar-refractivity contribution in [2.24, 2.45) is 5.92 Å². The van der Waals surface area contributed by atoms with Crippen LogP contribution in [0.4, 0.5) is 5.82 Å². The summed E-state index contributed by atoms with van der Waals surface area (Å²) < 4.78 is 0. The number of amides is 1. The van der Waals surface area contributed by atoms with Crippen LogP contribution in [0, 0.1) is 5.92 Å². The molecule has 2 heterocycles. The van der Waals surface area contributed by atoms with Crippen LogP contribution in [0.15, 0.2) is 18.3 Å². The highest BCUT2D eigenvalue weighted by Gasteiger charge is 2.24. The van der Waals surface area contributed by atoms with Crippen LogP contribution in [0.5, 0.6) is 0 Å². The maximum absolute atomic E-state index is 10.9. The molecule has 0 spiro atoms. The van der Waals surface area contributed by atoms with Gasteiger partial charge >= 0.3 is 0 Å². The van der Waals surface area contributed by atoms with Crippen molar-refractivity contribution in [2.45, 2.75) is 32.7 Å². The van der Waals surface area contributed by atoms with Crippen LogP contribution in [0.3, 0.4) is 0 Å². The van der Waals surface area contributed by atoms with Gasteiger partial charge in [0.2, 0.25) is 6.41 Å². The van der Waals surface area contributed by atoms with Gasteiger partial charge in [-0.25, -0.2) is 4.98 Å². The third kappa shape index (κ3) is 3.00. The fourth-order valence-electron chi connectivity index (χ4n) is 2.29. The molecule has 1 saturated heterocycles. The molecule has 0 bridgehead atoms. The molecule has 1 aromatic rings. The monoisotopic (exact) mass is 247 g/mol. The van der Waals surface area contributed by atoms with E-state index >= 15 is 0 Å². The van der Waals surface area contributed by atoms with Crippen LogP contribution in [0.1, 0.15) is 38.3 Å². The number of likely N-dealkylation sites (tertiary alicyclic amines) is 1. The lowest BCUT2D eigenvalue weighted by Crippen LogP contribution is -2.21. The second-order valence-electron chi connectivity index (χ2n) is 5.25. The molecule has 1 atom stereocenters. The number of carbonyl (C=O) groups excluding carboxylic acids is 1. The highest BCUT2D eigenvalue weighted by atomic mass is 16.1. The summed E-state index contributed by atoms with van der Waals surface area (Å²) in [7, 11) is 0. The van der Waals surface area contributed by atoms with Crippen molar-refractivity contribution in [3.63, 3.8) is 0 Å². The Morgan fingerprint density at radius 1 is 1.56 bits per heavy atom. The summed E-state index contributed by atoms with van der Waals surface area (Å²) in [6, 6.07) is 4.29. The van der Waals surface area contributed by atoms with E-state index in [-0.39, 0.29) is 6.04 Å². The van der Waals surface area contributed by atoms with Crippen molar-refractivity contribution >= 4 is 12.2 Å². The quantitative estimate of drug-likeness (QED) is 0.813. The second kappa shape index (κ2) is 5.85. The summed E-state index contributed by atoms with van der Waals surface area (Å²) in [6.45, 7) is 6.13. The topological polar surface area (TPSA) is 45.2 Å². The molecule has 0 aromatic carbocycles. The zero-order valence-electron chi connectivity index (χ0n) is 11.1. The van der Waals surface area contributed by atoms with E-state index in [0.717, 1.165) is 43.7 Å². The highest BCUT2D eigenvalue weighted by molar-refractivity contribution is 5.49. The standard InChI is InChI=1S/C14H21N3O/c1-11(2)8-15-14-6-5-12(9-16-14)13-4-3-7-17(13)10-18/h5-6,9-11,13H,3-4,7-8H2,1-2H3,(H,15,16)/t13-/m0/s1. The van der Waals surface area contributed by atoms with E-state index in [4.69, 9.17) is 0 Å². The van der Waals surface area contributed by atoms with E-state index in [2.05, 4.69) is 30.2 Å².